The van der Waals surface area contributed by atoms with Gasteiger partial charge in [-0.05, 0) is 38.0 Å². The summed E-state index contributed by atoms with van der Waals surface area (Å²) in [5, 5.41) is 11.6. The Kier molecular flexibility index (Phi) is 12.0. The van der Waals surface area contributed by atoms with E-state index < -0.39 is 16.0 Å². The van der Waals surface area contributed by atoms with E-state index >= 15 is 0 Å². The monoisotopic (exact) mass is 474 g/mol. The largest absolute Gasteiger partial charge is 0.481 e. The van der Waals surface area contributed by atoms with E-state index in [0.29, 0.717) is 18.9 Å². The SMILES string of the molecule is CCCCCCCS(=O)(=O)NCC(=O)NC[C@@H]1[C@H](CCCCCCC(=O)O)[C@@H]2CC[C@H]1O2. The molecule has 2 heterocycles. The molecular weight excluding hydrogens is 432 g/mol. The van der Waals surface area contributed by atoms with Crippen molar-refractivity contribution in [3.05, 3.63) is 0 Å². The first kappa shape index (κ1) is 27.1. The van der Waals surface area contributed by atoms with Crippen LogP contribution in [0.2, 0.25) is 0 Å². The molecule has 32 heavy (non-hydrogen) atoms. The Morgan fingerprint density at radius 3 is 2.31 bits per heavy atom. The van der Waals surface area contributed by atoms with Gasteiger partial charge in [-0.15, -0.1) is 0 Å². The van der Waals surface area contributed by atoms with Gasteiger partial charge >= 0.3 is 5.97 Å². The zero-order valence-electron chi connectivity index (χ0n) is 19.5. The Bertz CT molecular complexity index is 684. The van der Waals surface area contributed by atoms with Crippen molar-refractivity contribution in [2.75, 3.05) is 18.8 Å². The van der Waals surface area contributed by atoms with Gasteiger partial charge < -0.3 is 15.2 Å². The molecule has 0 saturated carbocycles. The molecule has 0 aliphatic carbocycles. The Balaban J connectivity index is 1.65. The first-order valence-electron chi connectivity index (χ1n) is 12.4. The molecule has 2 rings (SSSR count). The number of hydrogen-bond donors (Lipinski definition) is 3. The highest BCUT2D eigenvalue weighted by atomic mass is 32.2. The fourth-order valence-corrected chi connectivity index (χ4v) is 6.08. The molecule has 2 saturated heterocycles. The maximum atomic E-state index is 12.2. The number of aliphatic carboxylic acids is 1. The van der Waals surface area contributed by atoms with Gasteiger partial charge in [-0.25, -0.2) is 13.1 Å². The highest BCUT2D eigenvalue weighted by Crippen LogP contribution is 2.45. The average Bonchev–Trinajstić information content (AvgIpc) is 3.35. The van der Waals surface area contributed by atoms with Crippen LogP contribution in [0.15, 0.2) is 0 Å². The number of amides is 1. The molecule has 2 bridgehead atoms. The smallest absolute Gasteiger partial charge is 0.303 e. The standard InChI is InChI=1S/C23H42N2O6S/c1-2-3-4-7-10-15-32(29,30)25-17-22(26)24-16-19-18(20-13-14-21(19)31-20)11-8-5-6-9-12-23(27)28/h18-21,25H,2-17H2,1H3,(H,24,26)(H,27,28)/t18-,19+,20-,21+/m0/s1. The summed E-state index contributed by atoms with van der Waals surface area (Å²) in [6.45, 7) is 2.42. The molecule has 9 heteroatoms. The summed E-state index contributed by atoms with van der Waals surface area (Å²) < 4.78 is 32.6. The Hall–Kier alpha value is -1.19. The van der Waals surface area contributed by atoms with E-state index in [2.05, 4.69) is 17.0 Å². The molecule has 8 nitrogen and oxygen atoms in total. The molecule has 0 aromatic rings. The maximum Gasteiger partial charge on any atom is 0.303 e. The fraction of sp³-hybridized carbons (Fsp3) is 0.913. The van der Waals surface area contributed by atoms with Crippen molar-refractivity contribution in [2.24, 2.45) is 11.8 Å². The van der Waals surface area contributed by atoms with Crippen LogP contribution in [0, 0.1) is 11.8 Å². The van der Waals surface area contributed by atoms with Gasteiger partial charge in [-0.1, -0.05) is 51.9 Å². The number of ether oxygens (including phenoxy) is 1. The molecule has 2 aliphatic heterocycles. The zero-order chi connectivity index (χ0) is 23.4. The summed E-state index contributed by atoms with van der Waals surface area (Å²) in [4.78, 5) is 22.8. The number of sulfonamides is 1. The van der Waals surface area contributed by atoms with E-state index in [9.17, 15) is 18.0 Å². The van der Waals surface area contributed by atoms with Gasteiger partial charge in [-0.3, -0.25) is 9.59 Å². The van der Waals surface area contributed by atoms with Crippen LogP contribution in [0.25, 0.3) is 0 Å². The molecule has 0 spiro atoms. The van der Waals surface area contributed by atoms with Crippen LogP contribution in [-0.2, 0) is 24.3 Å². The lowest BCUT2D eigenvalue weighted by atomic mass is 9.76. The fourth-order valence-electron chi connectivity index (χ4n) is 5.00. The molecule has 0 unspecified atom stereocenters. The lowest BCUT2D eigenvalue weighted by Gasteiger charge is -2.28. The number of fused-ring (bicyclic) bond motifs is 2. The number of carbonyl (C=O) groups is 2. The van der Waals surface area contributed by atoms with Gasteiger partial charge in [0.05, 0.1) is 24.5 Å². The molecular formula is C23H42N2O6S. The Morgan fingerprint density at radius 1 is 0.938 bits per heavy atom. The number of unbranched alkanes of at least 4 members (excludes halogenated alkanes) is 7. The third-order valence-corrected chi connectivity index (χ3v) is 8.18. The predicted molar refractivity (Wildman–Crippen MR) is 124 cm³/mol. The van der Waals surface area contributed by atoms with Crippen molar-refractivity contribution in [2.45, 2.75) is 103 Å². The van der Waals surface area contributed by atoms with Crippen LogP contribution in [-0.4, -0.2) is 56.5 Å². The number of carboxylic acids is 1. The quantitative estimate of drug-likeness (QED) is 0.262. The van der Waals surface area contributed by atoms with Crippen molar-refractivity contribution in [3.8, 4) is 0 Å². The van der Waals surface area contributed by atoms with Crippen LogP contribution >= 0.6 is 0 Å². The molecule has 186 valence electrons. The van der Waals surface area contributed by atoms with Crippen LogP contribution in [0.5, 0.6) is 0 Å². The second-order valence-corrected chi connectivity index (χ2v) is 11.2. The molecule has 0 aromatic carbocycles. The van der Waals surface area contributed by atoms with E-state index in [4.69, 9.17) is 9.84 Å². The molecule has 2 aliphatic rings. The van der Waals surface area contributed by atoms with Crippen molar-refractivity contribution in [1.29, 1.82) is 0 Å². The van der Waals surface area contributed by atoms with Crippen molar-refractivity contribution >= 4 is 21.9 Å². The summed E-state index contributed by atoms with van der Waals surface area (Å²) >= 11 is 0. The van der Waals surface area contributed by atoms with Gasteiger partial charge in [0.1, 0.15) is 0 Å². The molecule has 1 amide bonds. The molecule has 3 N–H and O–H groups in total. The molecule has 0 aromatic heterocycles. The second kappa shape index (κ2) is 14.2. The minimum atomic E-state index is -3.42. The van der Waals surface area contributed by atoms with Crippen molar-refractivity contribution in [1.82, 2.24) is 10.0 Å². The molecule has 4 atom stereocenters. The van der Waals surface area contributed by atoms with Gasteiger partial charge in [0.25, 0.3) is 0 Å². The topological polar surface area (TPSA) is 122 Å². The van der Waals surface area contributed by atoms with E-state index in [-0.39, 0.29) is 42.8 Å². The van der Waals surface area contributed by atoms with E-state index in [1.807, 2.05) is 0 Å². The Morgan fingerprint density at radius 2 is 1.59 bits per heavy atom. The first-order chi connectivity index (χ1) is 15.3. The minimum Gasteiger partial charge on any atom is -0.481 e. The van der Waals surface area contributed by atoms with Crippen LogP contribution in [0.1, 0.15) is 90.4 Å². The number of hydrogen-bond acceptors (Lipinski definition) is 5. The summed E-state index contributed by atoms with van der Waals surface area (Å²) in [6, 6.07) is 0. The number of carboxylic acid groups (broad SMARTS) is 1. The first-order valence-corrected chi connectivity index (χ1v) is 14.1. The van der Waals surface area contributed by atoms with E-state index in [1.54, 1.807) is 0 Å². The van der Waals surface area contributed by atoms with Crippen LogP contribution in [0.3, 0.4) is 0 Å². The summed E-state index contributed by atoms with van der Waals surface area (Å²) in [5.74, 6) is -0.287. The summed E-state index contributed by atoms with van der Waals surface area (Å²) in [5.41, 5.74) is 0. The number of rotatable bonds is 18. The van der Waals surface area contributed by atoms with Crippen LogP contribution in [0.4, 0.5) is 0 Å². The number of nitrogens with one attached hydrogen (secondary N) is 2. The second-order valence-electron chi connectivity index (χ2n) is 9.32. The zero-order valence-corrected chi connectivity index (χ0v) is 20.3. The highest BCUT2D eigenvalue weighted by Gasteiger charge is 2.48. The summed E-state index contributed by atoms with van der Waals surface area (Å²) in [6.07, 6.45) is 12.3. The maximum absolute atomic E-state index is 12.2. The normalized spacial score (nSPS) is 24.7. The lowest BCUT2D eigenvalue weighted by molar-refractivity contribution is -0.137. The third kappa shape index (κ3) is 9.75. The Labute approximate surface area is 193 Å². The van der Waals surface area contributed by atoms with Crippen LogP contribution < -0.4 is 10.0 Å². The van der Waals surface area contributed by atoms with E-state index in [1.165, 1.54) is 0 Å². The van der Waals surface area contributed by atoms with Gasteiger partial charge in [0, 0.05) is 18.9 Å². The molecule has 2 fully saturated rings. The number of carbonyl (C=O) groups excluding carboxylic acids is 1. The van der Waals surface area contributed by atoms with Gasteiger partial charge in [-0.2, -0.15) is 0 Å². The van der Waals surface area contributed by atoms with E-state index in [0.717, 1.165) is 70.6 Å². The third-order valence-electron chi connectivity index (χ3n) is 6.77. The minimum absolute atomic E-state index is 0.0682. The lowest BCUT2D eigenvalue weighted by Crippen LogP contribution is -2.42. The summed E-state index contributed by atoms with van der Waals surface area (Å²) in [7, 11) is -3.42. The van der Waals surface area contributed by atoms with Crippen molar-refractivity contribution < 1.29 is 27.9 Å². The van der Waals surface area contributed by atoms with Gasteiger partial charge in [0.2, 0.25) is 15.9 Å². The van der Waals surface area contributed by atoms with Gasteiger partial charge in [0.15, 0.2) is 0 Å². The highest BCUT2D eigenvalue weighted by molar-refractivity contribution is 7.89. The average molecular weight is 475 g/mol. The molecule has 0 radical (unpaired) electrons. The van der Waals surface area contributed by atoms with Crippen molar-refractivity contribution in [3.63, 3.8) is 0 Å². The predicted octanol–water partition coefficient (Wildman–Crippen LogP) is 3.21.